The van der Waals surface area contributed by atoms with Gasteiger partial charge >= 0.3 is 5.97 Å². The molecule has 0 atom stereocenters. The summed E-state index contributed by atoms with van der Waals surface area (Å²) in [5, 5.41) is 0. The van der Waals surface area contributed by atoms with Gasteiger partial charge in [0.1, 0.15) is 0 Å². The highest BCUT2D eigenvalue weighted by Gasteiger charge is 2.25. The Morgan fingerprint density at radius 3 is 2.67 bits per heavy atom. The fourth-order valence-corrected chi connectivity index (χ4v) is 1.86. The van der Waals surface area contributed by atoms with E-state index in [2.05, 4.69) is 6.92 Å². The number of ether oxygens (including phenoxy) is 1. The van der Waals surface area contributed by atoms with Crippen molar-refractivity contribution in [1.82, 2.24) is 0 Å². The van der Waals surface area contributed by atoms with Gasteiger partial charge in [-0.3, -0.25) is 4.79 Å². The van der Waals surface area contributed by atoms with Crippen LogP contribution in [-0.2, 0) is 9.53 Å². The van der Waals surface area contributed by atoms with Crippen LogP contribution in [0.15, 0.2) is 0 Å². The third-order valence-corrected chi connectivity index (χ3v) is 2.53. The molecule has 2 heteroatoms. The minimum Gasteiger partial charge on any atom is -0.466 e. The van der Waals surface area contributed by atoms with Gasteiger partial charge in [-0.15, -0.1) is 0 Å². The molecule has 0 radical (unpaired) electrons. The first-order valence-corrected chi connectivity index (χ1v) is 4.88. The van der Waals surface area contributed by atoms with Gasteiger partial charge in [-0.1, -0.05) is 6.92 Å². The average molecular weight is 170 g/mol. The van der Waals surface area contributed by atoms with Crippen molar-refractivity contribution < 1.29 is 9.53 Å². The van der Waals surface area contributed by atoms with Crippen molar-refractivity contribution in [3.05, 3.63) is 0 Å². The van der Waals surface area contributed by atoms with Crippen LogP contribution in [0.1, 0.15) is 39.5 Å². The van der Waals surface area contributed by atoms with Crippen LogP contribution in [0, 0.1) is 11.8 Å². The zero-order chi connectivity index (χ0) is 8.97. The lowest BCUT2D eigenvalue weighted by molar-refractivity contribution is -0.143. The second-order valence-electron chi connectivity index (χ2n) is 3.79. The van der Waals surface area contributed by atoms with E-state index in [4.69, 9.17) is 4.74 Å². The molecule has 2 nitrogen and oxygen atoms in total. The first kappa shape index (κ1) is 9.56. The predicted octanol–water partition coefficient (Wildman–Crippen LogP) is 2.38. The molecule has 0 aromatic heterocycles. The maximum atomic E-state index is 10.9. The van der Waals surface area contributed by atoms with Gasteiger partial charge in [-0.05, 0) is 38.0 Å². The molecule has 0 unspecified atom stereocenters. The molecule has 0 saturated heterocycles. The van der Waals surface area contributed by atoms with Crippen molar-refractivity contribution in [2.24, 2.45) is 11.8 Å². The molecular formula is C10H18O2. The largest absolute Gasteiger partial charge is 0.466 e. The van der Waals surface area contributed by atoms with E-state index >= 15 is 0 Å². The van der Waals surface area contributed by atoms with Gasteiger partial charge in [0, 0.05) is 6.42 Å². The Balaban J connectivity index is 1.98. The number of hydrogen-bond donors (Lipinski definition) is 0. The van der Waals surface area contributed by atoms with Crippen molar-refractivity contribution in [2.75, 3.05) is 6.61 Å². The smallest absolute Gasteiger partial charge is 0.305 e. The molecule has 1 saturated carbocycles. The summed E-state index contributed by atoms with van der Waals surface area (Å²) in [5.74, 6) is 1.65. The van der Waals surface area contributed by atoms with Crippen LogP contribution in [0.3, 0.4) is 0 Å². The van der Waals surface area contributed by atoms with Gasteiger partial charge in [0.05, 0.1) is 6.61 Å². The summed E-state index contributed by atoms with van der Waals surface area (Å²) in [5.41, 5.74) is 0. The maximum Gasteiger partial charge on any atom is 0.305 e. The van der Waals surface area contributed by atoms with Crippen molar-refractivity contribution >= 4 is 5.97 Å². The van der Waals surface area contributed by atoms with Crippen LogP contribution < -0.4 is 0 Å². The first-order chi connectivity index (χ1) is 5.72. The molecule has 12 heavy (non-hydrogen) atoms. The van der Waals surface area contributed by atoms with E-state index in [1.165, 1.54) is 12.8 Å². The molecule has 1 aliphatic rings. The van der Waals surface area contributed by atoms with Crippen LogP contribution in [0.5, 0.6) is 0 Å². The summed E-state index contributed by atoms with van der Waals surface area (Å²) in [6.07, 6.45) is 4.26. The Morgan fingerprint density at radius 1 is 1.50 bits per heavy atom. The molecule has 1 rings (SSSR count). The second-order valence-corrected chi connectivity index (χ2v) is 3.79. The maximum absolute atomic E-state index is 10.9. The van der Waals surface area contributed by atoms with Crippen LogP contribution in [-0.4, -0.2) is 12.6 Å². The Labute approximate surface area is 74.3 Å². The van der Waals surface area contributed by atoms with E-state index < -0.39 is 0 Å². The van der Waals surface area contributed by atoms with Crippen LogP contribution in [0.2, 0.25) is 0 Å². The molecule has 0 spiro atoms. The fraction of sp³-hybridized carbons (Fsp3) is 0.900. The normalized spacial score (nSPS) is 27.8. The molecule has 0 aromatic rings. The van der Waals surface area contributed by atoms with Crippen molar-refractivity contribution in [2.45, 2.75) is 39.5 Å². The van der Waals surface area contributed by atoms with E-state index in [0.29, 0.717) is 13.0 Å². The lowest BCUT2D eigenvalue weighted by atomic mass is 9.74. The van der Waals surface area contributed by atoms with Gasteiger partial charge < -0.3 is 4.74 Å². The molecule has 0 heterocycles. The Hall–Kier alpha value is -0.530. The molecule has 0 bridgehead atoms. The highest BCUT2D eigenvalue weighted by Crippen LogP contribution is 2.36. The average Bonchev–Trinajstić information content (AvgIpc) is 1.96. The summed E-state index contributed by atoms with van der Waals surface area (Å²) in [7, 11) is 0. The summed E-state index contributed by atoms with van der Waals surface area (Å²) in [6, 6.07) is 0. The minimum atomic E-state index is -0.0305. The van der Waals surface area contributed by atoms with Crippen molar-refractivity contribution in [3.63, 3.8) is 0 Å². The van der Waals surface area contributed by atoms with E-state index in [9.17, 15) is 4.79 Å². The molecule has 70 valence electrons. The molecular weight excluding hydrogens is 152 g/mol. The standard InChI is InChI=1S/C10H18O2/c1-3-12-10(11)5-4-9-6-8(2)7-9/h8-9H,3-7H2,1-2H3. The molecule has 0 N–H and O–H groups in total. The highest BCUT2D eigenvalue weighted by molar-refractivity contribution is 5.69. The third-order valence-electron chi connectivity index (χ3n) is 2.53. The predicted molar refractivity (Wildman–Crippen MR) is 47.8 cm³/mol. The zero-order valence-electron chi connectivity index (χ0n) is 8.01. The lowest BCUT2D eigenvalue weighted by Gasteiger charge is -2.32. The number of carbonyl (C=O) groups is 1. The monoisotopic (exact) mass is 170 g/mol. The van der Waals surface area contributed by atoms with Crippen LogP contribution in [0.4, 0.5) is 0 Å². The zero-order valence-corrected chi connectivity index (χ0v) is 8.01. The second kappa shape index (κ2) is 4.48. The molecule has 0 aromatic carbocycles. The number of carbonyl (C=O) groups excluding carboxylic acids is 1. The van der Waals surface area contributed by atoms with Gasteiger partial charge in [0.2, 0.25) is 0 Å². The summed E-state index contributed by atoms with van der Waals surface area (Å²) < 4.78 is 4.85. The topological polar surface area (TPSA) is 26.3 Å². The van der Waals surface area contributed by atoms with E-state index in [1.807, 2.05) is 6.92 Å². The Kier molecular flexibility index (Phi) is 3.57. The van der Waals surface area contributed by atoms with Crippen molar-refractivity contribution in [3.8, 4) is 0 Å². The highest BCUT2D eigenvalue weighted by atomic mass is 16.5. The number of hydrogen-bond acceptors (Lipinski definition) is 2. The summed E-state index contributed by atoms with van der Waals surface area (Å²) in [4.78, 5) is 10.9. The molecule has 1 fully saturated rings. The lowest BCUT2D eigenvalue weighted by Crippen LogP contribution is -2.21. The quantitative estimate of drug-likeness (QED) is 0.605. The molecule has 1 aliphatic carbocycles. The van der Waals surface area contributed by atoms with E-state index in [-0.39, 0.29) is 5.97 Å². The van der Waals surface area contributed by atoms with Crippen LogP contribution >= 0.6 is 0 Å². The van der Waals surface area contributed by atoms with Gasteiger partial charge in [-0.25, -0.2) is 0 Å². The van der Waals surface area contributed by atoms with Gasteiger partial charge in [0.25, 0.3) is 0 Å². The van der Waals surface area contributed by atoms with Gasteiger partial charge in [-0.2, -0.15) is 0 Å². The Morgan fingerprint density at radius 2 is 2.17 bits per heavy atom. The summed E-state index contributed by atoms with van der Waals surface area (Å²) >= 11 is 0. The van der Waals surface area contributed by atoms with E-state index in [0.717, 1.165) is 18.3 Å². The first-order valence-electron chi connectivity index (χ1n) is 4.88. The molecule has 0 amide bonds. The Bertz CT molecular complexity index is 148. The minimum absolute atomic E-state index is 0.0305. The number of esters is 1. The van der Waals surface area contributed by atoms with Crippen molar-refractivity contribution in [1.29, 1.82) is 0 Å². The summed E-state index contributed by atoms with van der Waals surface area (Å²) in [6.45, 7) is 4.63. The third kappa shape index (κ3) is 2.84. The SMILES string of the molecule is CCOC(=O)CCC1CC(C)C1. The number of rotatable bonds is 4. The van der Waals surface area contributed by atoms with Crippen LogP contribution in [0.25, 0.3) is 0 Å². The van der Waals surface area contributed by atoms with E-state index in [1.54, 1.807) is 0 Å². The molecule has 0 aliphatic heterocycles. The van der Waals surface area contributed by atoms with Gasteiger partial charge in [0.15, 0.2) is 0 Å². The fourth-order valence-electron chi connectivity index (χ4n) is 1.86.